The molecule has 0 bridgehead atoms. The van der Waals surface area contributed by atoms with E-state index in [1.807, 2.05) is 0 Å². The summed E-state index contributed by atoms with van der Waals surface area (Å²) in [5.74, 6) is -1.74. The Bertz CT molecular complexity index is 578. The second kappa shape index (κ2) is 6.89. The van der Waals surface area contributed by atoms with E-state index < -0.39 is 22.8 Å². The van der Waals surface area contributed by atoms with Crippen molar-refractivity contribution in [3.05, 3.63) is 33.3 Å². The molecule has 0 aromatic heterocycles. The fourth-order valence-electron chi connectivity index (χ4n) is 1.52. The summed E-state index contributed by atoms with van der Waals surface area (Å²) in [7, 11) is 1.43. The predicted octanol–water partition coefficient (Wildman–Crippen LogP) is 2.43. The molecule has 0 spiro atoms. The number of rotatable bonds is 5. The monoisotopic (exact) mass is 315 g/mol. The minimum absolute atomic E-state index is 0.0108. The molecule has 0 saturated carbocycles. The number of hydrogen-bond donors (Lipinski definition) is 2. The lowest BCUT2D eigenvalue weighted by atomic mass is 10.2. The Morgan fingerprint density at radius 2 is 2.14 bits per heavy atom. The fraction of sp³-hybridized carbons (Fsp3) is 0.333. The number of halogens is 1. The van der Waals surface area contributed by atoms with Crippen LogP contribution in [0.3, 0.4) is 0 Å². The summed E-state index contributed by atoms with van der Waals surface area (Å²) < 4.78 is 0. The lowest BCUT2D eigenvalue weighted by Crippen LogP contribution is -2.36. The number of carbonyl (C=O) groups excluding carboxylic acids is 1. The van der Waals surface area contributed by atoms with Gasteiger partial charge in [0.25, 0.3) is 5.69 Å². The number of benzene rings is 1. The summed E-state index contributed by atoms with van der Waals surface area (Å²) in [6.07, 6.45) is 0. The van der Waals surface area contributed by atoms with Crippen LogP contribution in [0.5, 0.6) is 0 Å². The molecule has 1 aromatic rings. The van der Waals surface area contributed by atoms with Gasteiger partial charge in [-0.2, -0.15) is 0 Å². The van der Waals surface area contributed by atoms with Crippen LogP contribution in [0.2, 0.25) is 5.02 Å². The highest BCUT2D eigenvalue weighted by Crippen LogP contribution is 2.27. The van der Waals surface area contributed by atoms with E-state index in [-0.39, 0.29) is 22.9 Å². The van der Waals surface area contributed by atoms with Gasteiger partial charge in [-0.15, -0.1) is 0 Å². The molecular weight excluding hydrogens is 302 g/mol. The smallest absolute Gasteiger partial charge is 0.321 e. The Hall–Kier alpha value is -2.35. The third-order valence-corrected chi connectivity index (χ3v) is 3.03. The van der Waals surface area contributed by atoms with Gasteiger partial charge in [0, 0.05) is 25.3 Å². The molecule has 0 aliphatic rings. The van der Waals surface area contributed by atoms with Crippen LogP contribution < -0.4 is 5.32 Å². The zero-order chi connectivity index (χ0) is 16.2. The van der Waals surface area contributed by atoms with Crippen molar-refractivity contribution in [2.75, 3.05) is 18.9 Å². The van der Waals surface area contributed by atoms with E-state index in [1.165, 1.54) is 31.0 Å². The van der Waals surface area contributed by atoms with Gasteiger partial charge in [0.2, 0.25) is 0 Å². The van der Waals surface area contributed by atoms with Gasteiger partial charge < -0.3 is 15.3 Å². The Morgan fingerprint density at radius 3 is 2.67 bits per heavy atom. The third kappa shape index (κ3) is 4.60. The van der Waals surface area contributed by atoms with E-state index in [9.17, 15) is 19.7 Å². The number of nitrogens with zero attached hydrogens (tertiary/aromatic N) is 2. The molecule has 21 heavy (non-hydrogen) atoms. The Kier molecular flexibility index (Phi) is 5.48. The zero-order valence-electron chi connectivity index (χ0n) is 11.4. The SMILES string of the molecule is CC(CN(C)C(=O)Nc1ccc(Cl)c([N+](=O)[O-])c1)C(=O)O. The number of carboxylic acid groups (broad SMARTS) is 1. The van der Waals surface area contributed by atoms with Gasteiger partial charge in [-0.25, -0.2) is 4.79 Å². The zero-order valence-corrected chi connectivity index (χ0v) is 12.1. The summed E-state index contributed by atoms with van der Waals surface area (Å²) >= 11 is 5.66. The molecule has 0 radical (unpaired) electrons. The first-order valence-corrected chi connectivity index (χ1v) is 6.29. The quantitative estimate of drug-likeness (QED) is 0.640. The highest BCUT2D eigenvalue weighted by molar-refractivity contribution is 6.32. The van der Waals surface area contributed by atoms with E-state index in [1.54, 1.807) is 0 Å². The molecule has 9 heteroatoms. The summed E-state index contributed by atoms with van der Waals surface area (Å²) in [6.45, 7) is 1.48. The molecule has 8 nitrogen and oxygen atoms in total. The molecule has 0 heterocycles. The second-order valence-electron chi connectivity index (χ2n) is 4.47. The van der Waals surface area contributed by atoms with Crippen LogP contribution in [0.4, 0.5) is 16.2 Å². The molecule has 1 atom stereocenters. The van der Waals surface area contributed by atoms with Crippen LogP contribution in [0, 0.1) is 16.0 Å². The molecule has 1 rings (SSSR count). The average molecular weight is 316 g/mol. The molecule has 1 aromatic carbocycles. The first-order valence-electron chi connectivity index (χ1n) is 5.91. The van der Waals surface area contributed by atoms with Gasteiger partial charge in [0.15, 0.2) is 0 Å². The number of amides is 2. The normalized spacial score (nSPS) is 11.6. The van der Waals surface area contributed by atoms with Gasteiger partial charge in [-0.3, -0.25) is 14.9 Å². The third-order valence-electron chi connectivity index (χ3n) is 2.71. The highest BCUT2D eigenvalue weighted by Gasteiger charge is 2.19. The number of nitro groups is 1. The minimum atomic E-state index is -1.02. The maximum Gasteiger partial charge on any atom is 0.321 e. The van der Waals surface area contributed by atoms with Gasteiger partial charge in [0.05, 0.1) is 10.8 Å². The standard InChI is InChI=1S/C12H14ClN3O5/c1-7(11(17)18)6-15(2)12(19)14-8-3-4-9(13)10(5-8)16(20)21/h3-5,7H,6H2,1-2H3,(H,14,19)(H,17,18). The number of nitrogens with one attached hydrogen (secondary N) is 1. The number of aliphatic carboxylic acids is 1. The lowest BCUT2D eigenvalue weighted by molar-refractivity contribution is -0.384. The number of carboxylic acids is 1. The Morgan fingerprint density at radius 1 is 1.52 bits per heavy atom. The van der Waals surface area contributed by atoms with Crippen LogP contribution in [0.25, 0.3) is 0 Å². The number of anilines is 1. The van der Waals surface area contributed by atoms with Gasteiger partial charge in [-0.05, 0) is 12.1 Å². The number of carbonyl (C=O) groups is 2. The molecule has 2 amide bonds. The average Bonchev–Trinajstić information content (AvgIpc) is 2.40. The Balaban J connectivity index is 2.77. The fourth-order valence-corrected chi connectivity index (χ4v) is 1.71. The largest absolute Gasteiger partial charge is 0.481 e. The summed E-state index contributed by atoms with van der Waals surface area (Å²) in [6, 6.07) is 3.28. The van der Waals surface area contributed by atoms with Gasteiger partial charge >= 0.3 is 12.0 Å². The summed E-state index contributed by atoms with van der Waals surface area (Å²) in [4.78, 5) is 33.8. The van der Waals surface area contributed by atoms with Crippen molar-refractivity contribution < 1.29 is 19.6 Å². The van der Waals surface area contributed by atoms with Crippen molar-refractivity contribution in [2.45, 2.75) is 6.92 Å². The first-order chi connectivity index (χ1) is 9.72. The summed E-state index contributed by atoms with van der Waals surface area (Å²) in [5.41, 5.74) is -0.123. The van der Waals surface area contributed by atoms with E-state index in [0.717, 1.165) is 6.07 Å². The van der Waals surface area contributed by atoms with E-state index in [2.05, 4.69) is 5.32 Å². The highest BCUT2D eigenvalue weighted by atomic mass is 35.5. The van der Waals surface area contributed by atoms with Crippen LogP contribution in [-0.4, -0.2) is 40.5 Å². The molecule has 0 aliphatic carbocycles. The Labute approximate surface area is 125 Å². The van der Waals surface area contributed by atoms with Crippen LogP contribution in [0.1, 0.15) is 6.92 Å². The van der Waals surface area contributed by atoms with Crippen LogP contribution >= 0.6 is 11.6 Å². The van der Waals surface area contributed by atoms with Crippen LogP contribution in [0.15, 0.2) is 18.2 Å². The molecule has 2 N–H and O–H groups in total. The maximum atomic E-state index is 11.9. The van der Waals surface area contributed by atoms with Crippen molar-refractivity contribution >= 4 is 35.0 Å². The molecule has 0 saturated heterocycles. The second-order valence-corrected chi connectivity index (χ2v) is 4.88. The van der Waals surface area contributed by atoms with Crippen molar-refractivity contribution in [1.82, 2.24) is 4.90 Å². The lowest BCUT2D eigenvalue weighted by Gasteiger charge is -2.20. The van der Waals surface area contributed by atoms with Crippen LogP contribution in [-0.2, 0) is 4.79 Å². The van der Waals surface area contributed by atoms with Crippen molar-refractivity contribution in [2.24, 2.45) is 5.92 Å². The number of hydrogen-bond acceptors (Lipinski definition) is 4. The van der Waals surface area contributed by atoms with Crippen molar-refractivity contribution in [3.8, 4) is 0 Å². The van der Waals surface area contributed by atoms with Gasteiger partial charge in [-0.1, -0.05) is 18.5 Å². The maximum absolute atomic E-state index is 11.9. The topological polar surface area (TPSA) is 113 Å². The number of nitro benzene ring substituents is 1. The van der Waals surface area contributed by atoms with E-state index in [4.69, 9.17) is 16.7 Å². The molecule has 0 fully saturated rings. The summed E-state index contributed by atoms with van der Waals surface area (Å²) in [5, 5.41) is 21.9. The van der Waals surface area contributed by atoms with Crippen molar-refractivity contribution in [3.63, 3.8) is 0 Å². The molecule has 114 valence electrons. The van der Waals surface area contributed by atoms with Crippen molar-refractivity contribution in [1.29, 1.82) is 0 Å². The molecule has 1 unspecified atom stereocenters. The van der Waals surface area contributed by atoms with E-state index >= 15 is 0 Å². The minimum Gasteiger partial charge on any atom is -0.481 e. The van der Waals surface area contributed by atoms with Gasteiger partial charge in [0.1, 0.15) is 5.02 Å². The molecule has 0 aliphatic heterocycles. The van der Waals surface area contributed by atoms with E-state index in [0.29, 0.717) is 0 Å². The first kappa shape index (κ1) is 16.7. The number of urea groups is 1. The predicted molar refractivity (Wildman–Crippen MR) is 76.6 cm³/mol. The molecular formula is C12H14ClN3O5.